The molecule has 0 aliphatic heterocycles. The van der Waals surface area contributed by atoms with E-state index >= 15 is 0 Å². The highest BCUT2D eigenvalue weighted by atomic mass is 16.2. The van der Waals surface area contributed by atoms with E-state index in [-0.39, 0.29) is 5.91 Å². The second-order valence-corrected chi connectivity index (χ2v) is 4.74. The Kier molecular flexibility index (Phi) is 3.97. The Morgan fingerprint density at radius 1 is 1.32 bits per heavy atom. The molecule has 0 aliphatic rings. The molecule has 5 nitrogen and oxygen atoms in total. The third kappa shape index (κ3) is 3.20. The van der Waals surface area contributed by atoms with Crippen molar-refractivity contribution in [2.45, 2.75) is 25.8 Å². The van der Waals surface area contributed by atoms with E-state index in [0.29, 0.717) is 11.7 Å². The van der Waals surface area contributed by atoms with Crippen molar-refractivity contribution in [2.75, 3.05) is 5.32 Å². The minimum Gasteiger partial charge on any atom is -0.316 e. The number of benzene rings is 1. The number of nitrogens with one attached hydrogen (secondary N) is 2. The normalized spacial score (nSPS) is 12.4. The monoisotopic (exact) mass is 258 g/mol. The molecular weight excluding hydrogens is 240 g/mol. The Bertz CT molecular complexity index is 548. The lowest BCUT2D eigenvalue weighted by atomic mass is 10.1. The van der Waals surface area contributed by atoms with Gasteiger partial charge in [-0.1, -0.05) is 44.2 Å². The number of hydrogen-bond acceptors (Lipinski definition) is 3. The van der Waals surface area contributed by atoms with E-state index in [4.69, 9.17) is 5.73 Å². The van der Waals surface area contributed by atoms with E-state index in [1.807, 2.05) is 36.4 Å². The van der Waals surface area contributed by atoms with Gasteiger partial charge in [-0.3, -0.25) is 9.89 Å². The van der Waals surface area contributed by atoms with Crippen LogP contribution >= 0.6 is 0 Å². The van der Waals surface area contributed by atoms with E-state index < -0.39 is 6.04 Å². The molecule has 4 N–H and O–H groups in total. The van der Waals surface area contributed by atoms with E-state index in [1.165, 1.54) is 0 Å². The first-order valence-corrected chi connectivity index (χ1v) is 6.24. The van der Waals surface area contributed by atoms with E-state index in [2.05, 4.69) is 29.4 Å². The predicted molar refractivity (Wildman–Crippen MR) is 74.7 cm³/mol. The van der Waals surface area contributed by atoms with Crippen LogP contribution in [0.5, 0.6) is 0 Å². The number of carbonyl (C=O) groups excluding carboxylic acids is 1. The van der Waals surface area contributed by atoms with E-state index in [1.54, 1.807) is 0 Å². The minimum atomic E-state index is -0.694. The highest BCUT2D eigenvalue weighted by Crippen LogP contribution is 2.16. The molecule has 1 aromatic carbocycles. The predicted octanol–water partition coefficient (Wildman–Crippen LogP) is 2.17. The number of aromatic nitrogens is 2. The van der Waals surface area contributed by atoms with Crippen LogP contribution in [-0.2, 0) is 4.79 Å². The molecule has 1 aromatic heterocycles. The average Bonchev–Trinajstić information content (AvgIpc) is 2.87. The Morgan fingerprint density at radius 3 is 2.58 bits per heavy atom. The van der Waals surface area contributed by atoms with Crippen LogP contribution in [0.15, 0.2) is 36.4 Å². The number of aromatic amines is 1. The van der Waals surface area contributed by atoms with Gasteiger partial charge < -0.3 is 11.1 Å². The smallest absolute Gasteiger partial charge is 0.247 e. The van der Waals surface area contributed by atoms with Crippen molar-refractivity contribution in [3.05, 3.63) is 47.7 Å². The average molecular weight is 258 g/mol. The number of nitrogens with two attached hydrogens (primary N) is 1. The first-order chi connectivity index (χ1) is 9.08. The van der Waals surface area contributed by atoms with Gasteiger partial charge in [-0.2, -0.15) is 5.10 Å². The standard InChI is InChI=1S/C14H18N4O/c1-9(2)11-8-12(18-17-11)16-14(19)13(15)10-6-4-3-5-7-10/h3-9,13H,15H2,1-2H3,(H2,16,17,18,19). The number of H-pyrrole nitrogens is 1. The number of rotatable bonds is 4. The molecule has 2 rings (SSSR count). The highest BCUT2D eigenvalue weighted by molar-refractivity contribution is 5.94. The molecule has 2 aromatic rings. The summed E-state index contributed by atoms with van der Waals surface area (Å²) < 4.78 is 0. The van der Waals surface area contributed by atoms with Crippen molar-refractivity contribution in [1.82, 2.24) is 10.2 Å². The van der Waals surface area contributed by atoms with Crippen LogP contribution in [0.3, 0.4) is 0 Å². The molecule has 0 spiro atoms. The van der Waals surface area contributed by atoms with Crippen molar-refractivity contribution in [3.63, 3.8) is 0 Å². The third-order valence-electron chi connectivity index (χ3n) is 2.91. The third-order valence-corrected chi connectivity index (χ3v) is 2.91. The molecule has 0 saturated carbocycles. The molecule has 0 radical (unpaired) electrons. The molecule has 1 atom stereocenters. The summed E-state index contributed by atoms with van der Waals surface area (Å²) in [5.74, 6) is 0.564. The van der Waals surface area contributed by atoms with E-state index in [9.17, 15) is 4.79 Å². The molecule has 1 amide bonds. The Balaban J connectivity index is 2.04. The summed E-state index contributed by atoms with van der Waals surface area (Å²) in [4.78, 5) is 12.0. The summed E-state index contributed by atoms with van der Waals surface area (Å²) in [6.45, 7) is 4.10. The summed E-state index contributed by atoms with van der Waals surface area (Å²) in [6.07, 6.45) is 0. The minimum absolute atomic E-state index is 0.270. The van der Waals surface area contributed by atoms with Gasteiger partial charge in [0.2, 0.25) is 5.91 Å². The zero-order chi connectivity index (χ0) is 13.8. The summed E-state index contributed by atoms with van der Waals surface area (Å²) in [7, 11) is 0. The van der Waals surface area contributed by atoms with Crippen molar-refractivity contribution < 1.29 is 4.79 Å². The number of hydrogen-bond donors (Lipinski definition) is 3. The fourth-order valence-electron chi connectivity index (χ4n) is 1.71. The fourth-order valence-corrected chi connectivity index (χ4v) is 1.71. The van der Waals surface area contributed by atoms with Gasteiger partial charge in [0.25, 0.3) is 0 Å². The largest absolute Gasteiger partial charge is 0.316 e. The molecule has 19 heavy (non-hydrogen) atoms. The first kappa shape index (κ1) is 13.3. The molecule has 1 heterocycles. The quantitative estimate of drug-likeness (QED) is 0.785. The molecule has 0 aliphatic carbocycles. The van der Waals surface area contributed by atoms with Gasteiger partial charge in [0, 0.05) is 11.8 Å². The van der Waals surface area contributed by atoms with Gasteiger partial charge in [-0.15, -0.1) is 0 Å². The van der Waals surface area contributed by atoms with E-state index in [0.717, 1.165) is 11.3 Å². The Morgan fingerprint density at radius 2 is 2.00 bits per heavy atom. The maximum absolute atomic E-state index is 12.0. The van der Waals surface area contributed by atoms with Crippen LogP contribution in [0.4, 0.5) is 5.82 Å². The Labute approximate surface area is 112 Å². The molecule has 0 bridgehead atoms. The van der Waals surface area contributed by atoms with Crippen LogP contribution in [0.25, 0.3) is 0 Å². The van der Waals surface area contributed by atoms with Crippen molar-refractivity contribution >= 4 is 11.7 Å². The lowest BCUT2D eigenvalue weighted by Crippen LogP contribution is -2.27. The number of nitrogens with zero attached hydrogens (tertiary/aromatic N) is 1. The van der Waals surface area contributed by atoms with Crippen LogP contribution in [0, 0.1) is 0 Å². The van der Waals surface area contributed by atoms with Crippen LogP contribution in [-0.4, -0.2) is 16.1 Å². The number of carbonyl (C=O) groups is 1. The fraction of sp³-hybridized carbons (Fsp3) is 0.286. The molecular formula is C14H18N4O. The summed E-state index contributed by atoms with van der Waals surface area (Å²) in [5, 5.41) is 9.63. The first-order valence-electron chi connectivity index (χ1n) is 6.24. The van der Waals surface area contributed by atoms with Crippen LogP contribution in [0.1, 0.15) is 37.1 Å². The van der Waals surface area contributed by atoms with Gasteiger partial charge in [-0.05, 0) is 11.5 Å². The molecule has 0 saturated heterocycles. The second-order valence-electron chi connectivity index (χ2n) is 4.74. The highest BCUT2D eigenvalue weighted by Gasteiger charge is 2.16. The van der Waals surface area contributed by atoms with Crippen LogP contribution < -0.4 is 11.1 Å². The van der Waals surface area contributed by atoms with Gasteiger partial charge >= 0.3 is 0 Å². The summed E-state index contributed by atoms with van der Waals surface area (Å²) in [6, 6.07) is 10.4. The molecule has 5 heteroatoms. The van der Waals surface area contributed by atoms with Gasteiger partial charge in [0.1, 0.15) is 6.04 Å². The van der Waals surface area contributed by atoms with Gasteiger partial charge in [0.05, 0.1) is 0 Å². The summed E-state index contributed by atoms with van der Waals surface area (Å²) >= 11 is 0. The Hall–Kier alpha value is -2.14. The maximum Gasteiger partial charge on any atom is 0.247 e. The lowest BCUT2D eigenvalue weighted by Gasteiger charge is -2.10. The molecule has 1 unspecified atom stereocenters. The molecule has 0 fully saturated rings. The zero-order valence-corrected chi connectivity index (χ0v) is 11.1. The van der Waals surface area contributed by atoms with Crippen molar-refractivity contribution in [2.24, 2.45) is 5.73 Å². The van der Waals surface area contributed by atoms with Crippen molar-refractivity contribution in [3.8, 4) is 0 Å². The lowest BCUT2D eigenvalue weighted by molar-refractivity contribution is -0.117. The van der Waals surface area contributed by atoms with Gasteiger partial charge in [-0.25, -0.2) is 0 Å². The van der Waals surface area contributed by atoms with Gasteiger partial charge in [0.15, 0.2) is 5.82 Å². The van der Waals surface area contributed by atoms with Crippen molar-refractivity contribution in [1.29, 1.82) is 0 Å². The zero-order valence-electron chi connectivity index (χ0n) is 11.1. The summed E-state index contributed by atoms with van der Waals surface area (Å²) in [5.41, 5.74) is 7.66. The van der Waals surface area contributed by atoms with Crippen LogP contribution in [0.2, 0.25) is 0 Å². The number of anilines is 1. The topological polar surface area (TPSA) is 83.8 Å². The number of amides is 1. The maximum atomic E-state index is 12.0. The molecule has 100 valence electrons. The second kappa shape index (κ2) is 5.67. The SMILES string of the molecule is CC(C)c1cc(NC(=O)C(N)c2ccccc2)n[nH]1.